The molecule has 4 N–H and O–H groups in total. The van der Waals surface area contributed by atoms with Crippen LogP contribution in [0.1, 0.15) is 40.0 Å². The van der Waals surface area contributed by atoms with Crippen molar-refractivity contribution >= 4 is 11.8 Å². The van der Waals surface area contributed by atoms with E-state index in [0.29, 0.717) is 5.92 Å². The summed E-state index contributed by atoms with van der Waals surface area (Å²) in [5.41, 5.74) is 11.2. The Kier molecular flexibility index (Phi) is 5.14. The molecular weight excluding hydrogens is 230 g/mol. The normalized spacial score (nSPS) is 28.2. The maximum Gasteiger partial charge on any atom is 0.237 e. The summed E-state index contributed by atoms with van der Waals surface area (Å²) in [6, 6.07) is -0.128. The summed E-state index contributed by atoms with van der Waals surface area (Å²) in [6.45, 7) is 5.89. The van der Waals surface area contributed by atoms with E-state index in [-0.39, 0.29) is 30.5 Å². The van der Waals surface area contributed by atoms with Crippen LogP contribution in [0.4, 0.5) is 0 Å². The molecule has 1 aliphatic carbocycles. The van der Waals surface area contributed by atoms with Gasteiger partial charge < -0.3 is 16.4 Å². The third kappa shape index (κ3) is 3.70. The highest BCUT2D eigenvalue weighted by molar-refractivity contribution is 5.85. The molecule has 0 spiro atoms. The van der Waals surface area contributed by atoms with Gasteiger partial charge in [0.2, 0.25) is 11.8 Å². The van der Waals surface area contributed by atoms with Gasteiger partial charge in [-0.25, -0.2) is 0 Å². The molecule has 0 aliphatic heterocycles. The number of rotatable bonds is 4. The summed E-state index contributed by atoms with van der Waals surface area (Å²) in [5.74, 6) is -0.158. The number of nitrogens with two attached hydrogens (primary N) is 2. The van der Waals surface area contributed by atoms with Crippen LogP contribution in [0.3, 0.4) is 0 Å². The van der Waals surface area contributed by atoms with E-state index >= 15 is 0 Å². The molecule has 18 heavy (non-hydrogen) atoms. The summed E-state index contributed by atoms with van der Waals surface area (Å²) in [7, 11) is 0. The molecule has 1 saturated carbocycles. The quantitative estimate of drug-likeness (QED) is 0.765. The number of primary amides is 1. The van der Waals surface area contributed by atoms with E-state index in [9.17, 15) is 9.59 Å². The molecule has 104 valence electrons. The van der Waals surface area contributed by atoms with Crippen LogP contribution in [0.15, 0.2) is 0 Å². The number of carbonyl (C=O) groups excluding carboxylic acids is 2. The molecule has 3 atom stereocenters. The average molecular weight is 255 g/mol. The SMILES string of the molecule is CC1CCC(N)C(C(=O)N(CC(N)=O)C(C)C)C1. The molecule has 5 nitrogen and oxygen atoms in total. The smallest absolute Gasteiger partial charge is 0.237 e. The molecule has 1 aliphatic rings. The third-order valence-corrected chi connectivity index (χ3v) is 3.72. The van der Waals surface area contributed by atoms with Gasteiger partial charge in [0.05, 0.1) is 12.5 Å². The molecule has 0 aromatic carbocycles. The van der Waals surface area contributed by atoms with Gasteiger partial charge in [0.25, 0.3) is 0 Å². The van der Waals surface area contributed by atoms with Crippen molar-refractivity contribution in [3.05, 3.63) is 0 Å². The zero-order valence-corrected chi connectivity index (χ0v) is 11.6. The first-order valence-corrected chi connectivity index (χ1v) is 6.67. The fraction of sp³-hybridized carbons (Fsp3) is 0.846. The van der Waals surface area contributed by atoms with Gasteiger partial charge in [0.1, 0.15) is 0 Å². The Hall–Kier alpha value is -1.10. The lowest BCUT2D eigenvalue weighted by Gasteiger charge is -2.36. The van der Waals surface area contributed by atoms with E-state index < -0.39 is 5.91 Å². The summed E-state index contributed by atoms with van der Waals surface area (Å²) >= 11 is 0. The van der Waals surface area contributed by atoms with Crippen molar-refractivity contribution in [2.45, 2.75) is 52.1 Å². The van der Waals surface area contributed by atoms with Crippen LogP contribution < -0.4 is 11.5 Å². The number of nitrogens with zero attached hydrogens (tertiary/aromatic N) is 1. The standard InChI is InChI=1S/C13H25N3O2/c1-8(2)16(7-12(15)17)13(18)10-6-9(3)4-5-11(10)14/h8-11H,4-7,14H2,1-3H3,(H2,15,17). The van der Waals surface area contributed by atoms with Gasteiger partial charge in [-0.2, -0.15) is 0 Å². The van der Waals surface area contributed by atoms with E-state index in [1.54, 1.807) is 4.90 Å². The number of hydrogen-bond acceptors (Lipinski definition) is 3. The van der Waals surface area contributed by atoms with Crippen molar-refractivity contribution in [1.82, 2.24) is 4.90 Å². The Bertz CT molecular complexity index is 317. The van der Waals surface area contributed by atoms with Gasteiger partial charge in [0, 0.05) is 12.1 Å². The van der Waals surface area contributed by atoms with Crippen molar-refractivity contribution in [1.29, 1.82) is 0 Å². The fourth-order valence-corrected chi connectivity index (χ4v) is 2.58. The highest BCUT2D eigenvalue weighted by Crippen LogP contribution is 2.29. The predicted molar refractivity (Wildman–Crippen MR) is 70.5 cm³/mol. The van der Waals surface area contributed by atoms with Gasteiger partial charge in [-0.05, 0) is 39.0 Å². The second-order valence-electron chi connectivity index (χ2n) is 5.71. The maximum atomic E-state index is 12.5. The second kappa shape index (κ2) is 6.18. The van der Waals surface area contributed by atoms with Crippen molar-refractivity contribution in [3.63, 3.8) is 0 Å². The minimum Gasteiger partial charge on any atom is -0.368 e. The molecule has 2 amide bonds. The van der Waals surface area contributed by atoms with E-state index in [0.717, 1.165) is 19.3 Å². The van der Waals surface area contributed by atoms with Gasteiger partial charge in [-0.3, -0.25) is 9.59 Å². The van der Waals surface area contributed by atoms with Crippen LogP contribution in [0.2, 0.25) is 0 Å². The first kappa shape index (κ1) is 15.0. The largest absolute Gasteiger partial charge is 0.368 e. The minimum absolute atomic E-state index is 0.0197. The van der Waals surface area contributed by atoms with Gasteiger partial charge in [0.15, 0.2) is 0 Å². The van der Waals surface area contributed by atoms with Gasteiger partial charge in [-0.1, -0.05) is 6.92 Å². The zero-order valence-electron chi connectivity index (χ0n) is 11.6. The summed E-state index contributed by atoms with van der Waals surface area (Å²) in [4.78, 5) is 25.1. The highest BCUT2D eigenvalue weighted by atomic mass is 16.2. The topological polar surface area (TPSA) is 89.4 Å². The summed E-state index contributed by atoms with van der Waals surface area (Å²) in [5, 5.41) is 0. The lowest BCUT2D eigenvalue weighted by Crippen LogP contribution is -2.51. The lowest BCUT2D eigenvalue weighted by molar-refractivity contribution is -0.142. The van der Waals surface area contributed by atoms with Crippen LogP contribution in [0.25, 0.3) is 0 Å². The van der Waals surface area contributed by atoms with Crippen LogP contribution in [0.5, 0.6) is 0 Å². The van der Waals surface area contributed by atoms with E-state index in [2.05, 4.69) is 6.92 Å². The molecule has 0 aromatic rings. The van der Waals surface area contributed by atoms with E-state index in [1.807, 2.05) is 13.8 Å². The number of amides is 2. The Labute approximate surface area is 109 Å². The first-order chi connectivity index (χ1) is 8.32. The van der Waals surface area contributed by atoms with Crippen LogP contribution >= 0.6 is 0 Å². The maximum absolute atomic E-state index is 12.5. The van der Waals surface area contributed by atoms with Crippen LogP contribution in [-0.4, -0.2) is 35.3 Å². The van der Waals surface area contributed by atoms with Gasteiger partial charge in [-0.15, -0.1) is 0 Å². The van der Waals surface area contributed by atoms with Crippen molar-refractivity contribution in [3.8, 4) is 0 Å². The third-order valence-electron chi connectivity index (χ3n) is 3.72. The first-order valence-electron chi connectivity index (χ1n) is 6.67. The summed E-state index contributed by atoms with van der Waals surface area (Å²) < 4.78 is 0. The molecule has 5 heteroatoms. The molecule has 0 bridgehead atoms. The average Bonchev–Trinajstić information content (AvgIpc) is 2.27. The van der Waals surface area contributed by atoms with Crippen molar-refractivity contribution in [2.24, 2.45) is 23.3 Å². The number of carbonyl (C=O) groups is 2. The predicted octanol–water partition coefficient (Wildman–Crippen LogP) is 0.472. The molecule has 1 fully saturated rings. The van der Waals surface area contributed by atoms with Crippen LogP contribution in [0, 0.1) is 11.8 Å². The number of hydrogen-bond donors (Lipinski definition) is 2. The molecule has 1 rings (SSSR count). The fourth-order valence-electron chi connectivity index (χ4n) is 2.58. The molecular formula is C13H25N3O2. The van der Waals surface area contributed by atoms with Gasteiger partial charge >= 0.3 is 0 Å². The molecule has 0 aromatic heterocycles. The minimum atomic E-state index is -0.477. The van der Waals surface area contributed by atoms with Crippen molar-refractivity contribution in [2.75, 3.05) is 6.54 Å². The Morgan fingerprint density at radius 2 is 1.94 bits per heavy atom. The summed E-state index contributed by atoms with van der Waals surface area (Å²) in [6.07, 6.45) is 2.75. The second-order valence-corrected chi connectivity index (χ2v) is 5.71. The molecule has 0 saturated heterocycles. The molecule has 0 heterocycles. The monoisotopic (exact) mass is 255 g/mol. The molecule has 0 radical (unpaired) electrons. The van der Waals surface area contributed by atoms with Crippen molar-refractivity contribution < 1.29 is 9.59 Å². The Morgan fingerprint density at radius 1 is 1.33 bits per heavy atom. The van der Waals surface area contributed by atoms with E-state index in [4.69, 9.17) is 11.5 Å². The van der Waals surface area contributed by atoms with Crippen LogP contribution in [-0.2, 0) is 9.59 Å². The Morgan fingerprint density at radius 3 is 2.44 bits per heavy atom. The van der Waals surface area contributed by atoms with E-state index in [1.165, 1.54) is 0 Å². The highest BCUT2D eigenvalue weighted by Gasteiger charge is 2.35. The Balaban J connectivity index is 2.77. The molecule has 3 unspecified atom stereocenters. The lowest BCUT2D eigenvalue weighted by atomic mass is 9.78. The zero-order chi connectivity index (χ0) is 13.9.